The molecular formula is C20H15FN2O2S. The molecule has 0 spiro atoms. The molecule has 130 valence electrons. The second kappa shape index (κ2) is 6.72. The van der Waals surface area contributed by atoms with E-state index in [1.165, 1.54) is 23.5 Å². The summed E-state index contributed by atoms with van der Waals surface area (Å²) in [5.74, 6) is 0.439. The van der Waals surface area contributed by atoms with Crippen LogP contribution >= 0.6 is 11.3 Å². The zero-order chi connectivity index (χ0) is 18.1. The van der Waals surface area contributed by atoms with Gasteiger partial charge in [-0.2, -0.15) is 0 Å². The van der Waals surface area contributed by atoms with Crippen molar-refractivity contribution in [1.82, 2.24) is 9.55 Å². The lowest BCUT2D eigenvalue weighted by Crippen LogP contribution is -2.21. The Balaban J connectivity index is 1.80. The molecule has 0 atom stereocenters. The Morgan fingerprint density at radius 2 is 2.00 bits per heavy atom. The molecule has 0 aliphatic carbocycles. The maximum Gasteiger partial charge on any atom is 0.263 e. The number of rotatable bonds is 4. The minimum atomic E-state index is -0.304. The van der Waals surface area contributed by atoms with E-state index in [2.05, 4.69) is 4.98 Å². The molecule has 0 radical (unpaired) electrons. The van der Waals surface area contributed by atoms with Crippen LogP contribution in [0.1, 0.15) is 5.56 Å². The zero-order valence-electron chi connectivity index (χ0n) is 14.0. The fourth-order valence-electron chi connectivity index (χ4n) is 2.89. The Bertz CT molecular complexity index is 1130. The second-order valence-corrected chi connectivity index (χ2v) is 6.72. The van der Waals surface area contributed by atoms with E-state index < -0.39 is 0 Å². The van der Waals surface area contributed by atoms with Gasteiger partial charge in [0.05, 0.1) is 25.4 Å². The molecule has 2 heterocycles. The fraction of sp³-hybridized carbons (Fsp3) is 0.100. The van der Waals surface area contributed by atoms with Crippen molar-refractivity contribution in [3.8, 4) is 16.9 Å². The number of fused-ring (bicyclic) bond motifs is 1. The van der Waals surface area contributed by atoms with Gasteiger partial charge < -0.3 is 4.74 Å². The van der Waals surface area contributed by atoms with Gasteiger partial charge in [-0.3, -0.25) is 9.36 Å². The summed E-state index contributed by atoms with van der Waals surface area (Å²) in [4.78, 5) is 18.1. The number of ether oxygens (including phenoxy) is 1. The van der Waals surface area contributed by atoms with E-state index in [0.29, 0.717) is 16.8 Å². The van der Waals surface area contributed by atoms with Crippen molar-refractivity contribution in [3.63, 3.8) is 0 Å². The Morgan fingerprint density at radius 1 is 1.19 bits per heavy atom. The van der Waals surface area contributed by atoms with Crippen LogP contribution in [-0.2, 0) is 6.54 Å². The molecule has 4 nitrogen and oxygen atoms in total. The molecule has 4 rings (SSSR count). The monoisotopic (exact) mass is 366 g/mol. The highest BCUT2D eigenvalue weighted by atomic mass is 32.1. The third-order valence-corrected chi connectivity index (χ3v) is 5.09. The highest BCUT2D eigenvalue weighted by molar-refractivity contribution is 7.17. The SMILES string of the molecule is COc1cccc(Cn2cnc3scc(-c4ccc(F)cc4)c3c2=O)c1. The summed E-state index contributed by atoms with van der Waals surface area (Å²) in [5, 5.41) is 2.45. The highest BCUT2D eigenvalue weighted by Crippen LogP contribution is 2.30. The van der Waals surface area contributed by atoms with E-state index in [1.54, 1.807) is 30.1 Å². The van der Waals surface area contributed by atoms with Crippen LogP contribution in [0.2, 0.25) is 0 Å². The van der Waals surface area contributed by atoms with Crippen molar-refractivity contribution >= 4 is 21.6 Å². The molecule has 26 heavy (non-hydrogen) atoms. The van der Waals surface area contributed by atoms with Gasteiger partial charge in [0.2, 0.25) is 0 Å². The molecule has 0 aliphatic heterocycles. The lowest BCUT2D eigenvalue weighted by atomic mass is 10.1. The van der Waals surface area contributed by atoms with Crippen LogP contribution < -0.4 is 10.3 Å². The number of benzene rings is 2. The molecule has 0 bridgehead atoms. The molecule has 0 aliphatic rings. The minimum Gasteiger partial charge on any atom is -0.497 e. The third kappa shape index (κ3) is 2.99. The first kappa shape index (κ1) is 16.5. The third-order valence-electron chi connectivity index (χ3n) is 4.20. The molecule has 6 heteroatoms. The van der Waals surface area contributed by atoms with Crippen molar-refractivity contribution in [3.05, 3.63) is 82.0 Å². The lowest BCUT2D eigenvalue weighted by Gasteiger charge is -2.08. The van der Waals surface area contributed by atoms with Crippen LogP contribution in [0, 0.1) is 5.82 Å². The van der Waals surface area contributed by atoms with E-state index in [4.69, 9.17) is 4.74 Å². The number of hydrogen-bond acceptors (Lipinski definition) is 4. The largest absolute Gasteiger partial charge is 0.497 e. The van der Waals surface area contributed by atoms with Crippen molar-refractivity contribution in [1.29, 1.82) is 0 Å². The highest BCUT2D eigenvalue weighted by Gasteiger charge is 2.13. The normalized spacial score (nSPS) is 11.0. The smallest absolute Gasteiger partial charge is 0.263 e. The molecule has 0 saturated heterocycles. The molecule has 2 aromatic heterocycles. The molecule has 0 saturated carbocycles. The van der Waals surface area contributed by atoms with Crippen LogP contribution in [0.15, 0.2) is 65.0 Å². The van der Waals surface area contributed by atoms with Crippen molar-refractivity contribution in [2.75, 3.05) is 7.11 Å². The Morgan fingerprint density at radius 3 is 2.77 bits per heavy atom. The average molecular weight is 366 g/mol. The average Bonchev–Trinajstić information content (AvgIpc) is 3.10. The number of hydrogen-bond donors (Lipinski definition) is 0. The number of thiophene rings is 1. The van der Waals surface area contributed by atoms with Crippen LogP contribution in [0.4, 0.5) is 4.39 Å². The summed E-state index contributed by atoms with van der Waals surface area (Å²) in [6.45, 7) is 0.400. The first-order valence-electron chi connectivity index (χ1n) is 8.01. The topological polar surface area (TPSA) is 44.1 Å². The van der Waals surface area contributed by atoms with Gasteiger partial charge in [-0.1, -0.05) is 24.3 Å². The Hall–Kier alpha value is -2.99. The van der Waals surface area contributed by atoms with Gasteiger partial charge in [0.25, 0.3) is 5.56 Å². The van der Waals surface area contributed by atoms with E-state index in [-0.39, 0.29) is 11.4 Å². The standard InChI is InChI=1S/C20H15FN2O2S/c1-25-16-4-2-3-13(9-16)10-23-12-22-19-18(20(23)24)17(11-26-19)14-5-7-15(21)8-6-14/h2-9,11-12H,10H2,1H3. The summed E-state index contributed by atoms with van der Waals surface area (Å²) in [6.07, 6.45) is 1.56. The van der Waals surface area contributed by atoms with Gasteiger partial charge in [0.1, 0.15) is 16.4 Å². The van der Waals surface area contributed by atoms with Gasteiger partial charge in [-0.05, 0) is 35.4 Å². The molecule has 0 amide bonds. The first-order valence-corrected chi connectivity index (χ1v) is 8.89. The molecule has 0 fully saturated rings. The first-order chi connectivity index (χ1) is 12.7. The van der Waals surface area contributed by atoms with Gasteiger partial charge in [0.15, 0.2) is 0 Å². The quantitative estimate of drug-likeness (QED) is 0.540. The van der Waals surface area contributed by atoms with Gasteiger partial charge in [0, 0.05) is 10.9 Å². The number of nitrogens with zero attached hydrogens (tertiary/aromatic N) is 2. The van der Waals surface area contributed by atoms with E-state index in [0.717, 1.165) is 22.4 Å². The minimum absolute atomic E-state index is 0.113. The van der Waals surface area contributed by atoms with E-state index >= 15 is 0 Å². The summed E-state index contributed by atoms with van der Waals surface area (Å²) < 4.78 is 20.0. The molecule has 4 aromatic rings. The molecule has 0 unspecified atom stereocenters. The number of methoxy groups -OCH3 is 1. The van der Waals surface area contributed by atoms with Crippen molar-refractivity contribution in [2.45, 2.75) is 6.54 Å². The summed E-state index contributed by atoms with van der Waals surface area (Å²) >= 11 is 1.41. The summed E-state index contributed by atoms with van der Waals surface area (Å²) in [6, 6.07) is 13.7. The van der Waals surface area contributed by atoms with Gasteiger partial charge in [-0.25, -0.2) is 9.37 Å². The van der Waals surface area contributed by atoms with Crippen molar-refractivity contribution in [2.24, 2.45) is 0 Å². The Kier molecular flexibility index (Phi) is 4.26. The maximum absolute atomic E-state index is 13.2. The van der Waals surface area contributed by atoms with Gasteiger partial charge >= 0.3 is 0 Å². The van der Waals surface area contributed by atoms with Crippen LogP contribution in [0.5, 0.6) is 5.75 Å². The zero-order valence-corrected chi connectivity index (χ0v) is 14.8. The molecule has 2 aromatic carbocycles. The van der Waals surface area contributed by atoms with Crippen LogP contribution in [-0.4, -0.2) is 16.7 Å². The van der Waals surface area contributed by atoms with Crippen LogP contribution in [0.25, 0.3) is 21.3 Å². The molecular weight excluding hydrogens is 351 g/mol. The van der Waals surface area contributed by atoms with Crippen molar-refractivity contribution < 1.29 is 9.13 Å². The van der Waals surface area contributed by atoms with E-state index in [9.17, 15) is 9.18 Å². The second-order valence-electron chi connectivity index (χ2n) is 5.87. The predicted octanol–water partition coefficient (Wildman–Crippen LogP) is 4.32. The maximum atomic E-state index is 13.2. The number of aromatic nitrogens is 2. The van der Waals surface area contributed by atoms with E-state index in [1.807, 2.05) is 29.6 Å². The molecule has 0 N–H and O–H groups in total. The Labute approximate surface area is 153 Å². The van der Waals surface area contributed by atoms with Gasteiger partial charge in [-0.15, -0.1) is 11.3 Å². The lowest BCUT2D eigenvalue weighted by molar-refractivity contribution is 0.414. The fourth-order valence-corrected chi connectivity index (χ4v) is 3.80. The predicted molar refractivity (Wildman–Crippen MR) is 101 cm³/mol. The summed E-state index contributed by atoms with van der Waals surface area (Å²) in [5.41, 5.74) is 2.42. The summed E-state index contributed by atoms with van der Waals surface area (Å²) in [7, 11) is 1.61. The van der Waals surface area contributed by atoms with Crippen LogP contribution in [0.3, 0.4) is 0 Å². The number of halogens is 1.